The topological polar surface area (TPSA) is 62.5 Å². The summed E-state index contributed by atoms with van der Waals surface area (Å²) in [6.45, 7) is 3.32. The van der Waals surface area contributed by atoms with Crippen LogP contribution in [0.1, 0.15) is 12.8 Å². The maximum Gasteiger partial charge on any atom is 0.270 e. The second-order valence-electron chi connectivity index (χ2n) is 6.43. The zero-order chi connectivity index (χ0) is 16.4. The molecule has 6 nitrogen and oxygen atoms in total. The quantitative estimate of drug-likeness (QED) is 0.641. The van der Waals surface area contributed by atoms with Crippen LogP contribution in [-0.2, 0) is 0 Å². The van der Waals surface area contributed by atoms with Crippen molar-refractivity contribution in [2.24, 2.45) is 5.92 Å². The van der Waals surface area contributed by atoms with Crippen LogP contribution < -0.4 is 4.90 Å². The van der Waals surface area contributed by atoms with Gasteiger partial charge in [0.2, 0.25) is 0 Å². The highest BCUT2D eigenvalue weighted by Crippen LogP contribution is 2.24. The molecule has 122 valence electrons. The van der Waals surface area contributed by atoms with Crippen LogP contribution in [0, 0.1) is 16.0 Å². The molecule has 0 bridgehead atoms. The first-order valence-electron chi connectivity index (χ1n) is 7.98. The number of nitrogens with zero attached hydrogens (tertiary/aromatic N) is 4. The molecule has 0 N–H and O–H groups in total. The van der Waals surface area contributed by atoms with E-state index < -0.39 is 0 Å². The number of piperidine rings is 1. The van der Waals surface area contributed by atoms with Crippen molar-refractivity contribution in [2.45, 2.75) is 12.8 Å². The summed E-state index contributed by atoms with van der Waals surface area (Å²) < 4.78 is 0. The van der Waals surface area contributed by atoms with E-state index in [-0.39, 0.29) is 10.6 Å². The van der Waals surface area contributed by atoms with Crippen LogP contribution in [0.4, 0.5) is 11.5 Å². The molecule has 0 amide bonds. The first kappa shape index (κ1) is 15.7. The Balaban J connectivity index is 1.74. The van der Waals surface area contributed by atoms with Crippen LogP contribution in [0.25, 0.3) is 10.9 Å². The van der Waals surface area contributed by atoms with Crippen LogP contribution in [0.3, 0.4) is 0 Å². The van der Waals surface area contributed by atoms with Crippen molar-refractivity contribution in [2.75, 3.05) is 38.6 Å². The number of benzene rings is 1. The summed E-state index contributed by atoms with van der Waals surface area (Å²) in [5.74, 6) is 1.62. The number of non-ortho nitro benzene ring substituents is 1. The fourth-order valence-electron chi connectivity index (χ4n) is 3.15. The van der Waals surface area contributed by atoms with Gasteiger partial charge in [-0.3, -0.25) is 10.1 Å². The van der Waals surface area contributed by atoms with E-state index in [4.69, 9.17) is 0 Å². The van der Waals surface area contributed by atoms with Gasteiger partial charge in [-0.1, -0.05) is 0 Å². The number of hydrogen-bond acceptors (Lipinski definition) is 5. The van der Waals surface area contributed by atoms with Crippen LogP contribution in [0.15, 0.2) is 30.3 Å². The van der Waals surface area contributed by atoms with Crippen molar-refractivity contribution >= 4 is 22.4 Å². The van der Waals surface area contributed by atoms with Gasteiger partial charge in [-0.25, -0.2) is 4.98 Å². The van der Waals surface area contributed by atoms with Gasteiger partial charge in [-0.2, -0.15) is 0 Å². The molecule has 0 radical (unpaired) electrons. The molecule has 1 aromatic carbocycles. The average Bonchev–Trinajstić information content (AvgIpc) is 2.55. The highest BCUT2D eigenvalue weighted by Gasteiger charge is 2.19. The van der Waals surface area contributed by atoms with Crippen molar-refractivity contribution in [1.82, 2.24) is 9.88 Å². The summed E-state index contributed by atoms with van der Waals surface area (Å²) in [5.41, 5.74) is 0.898. The average molecular weight is 314 g/mol. The molecule has 6 heteroatoms. The minimum absolute atomic E-state index is 0.103. The number of nitro benzene ring substituents is 1. The molecule has 0 spiro atoms. The number of fused-ring (bicyclic) bond motifs is 1. The molecule has 0 aliphatic carbocycles. The van der Waals surface area contributed by atoms with Gasteiger partial charge in [0.15, 0.2) is 0 Å². The molecule has 0 unspecified atom stereocenters. The number of likely N-dealkylation sites (tertiary alicyclic amines) is 1. The Morgan fingerprint density at radius 2 is 2.04 bits per heavy atom. The van der Waals surface area contributed by atoms with Gasteiger partial charge in [0.1, 0.15) is 5.82 Å². The first-order chi connectivity index (χ1) is 11.0. The monoisotopic (exact) mass is 314 g/mol. The zero-order valence-electron chi connectivity index (χ0n) is 13.6. The lowest BCUT2D eigenvalue weighted by Crippen LogP contribution is -2.35. The Kier molecular flexibility index (Phi) is 4.43. The number of aromatic nitrogens is 1. The van der Waals surface area contributed by atoms with Crippen molar-refractivity contribution in [3.8, 4) is 0 Å². The number of rotatable bonds is 4. The van der Waals surface area contributed by atoms with Gasteiger partial charge in [0.05, 0.1) is 10.4 Å². The standard InChI is InChI=1S/C17H22N4O2/c1-19-9-7-13(8-10-19)12-20(2)17-6-3-14-11-15(21(22)23)4-5-16(14)18-17/h3-6,11,13H,7-10,12H2,1-2H3. The third-order valence-electron chi connectivity index (χ3n) is 4.63. The lowest BCUT2D eigenvalue weighted by molar-refractivity contribution is -0.384. The van der Waals surface area contributed by atoms with Gasteiger partial charge >= 0.3 is 0 Å². The number of anilines is 1. The van der Waals surface area contributed by atoms with Crippen LogP contribution in [-0.4, -0.2) is 48.5 Å². The fourth-order valence-corrected chi connectivity index (χ4v) is 3.15. The lowest BCUT2D eigenvalue weighted by atomic mass is 9.97. The van der Waals surface area contributed by atoms with Crippen molar-refractivity contribution < 1.29 is 4.92 Å². The molecule has 3 rings (SSSR count). The molecule has 23 heavy (non-hydrogen) atoms. The van der Waals surface area contributed by atoms with Crippen LogP contribution in [0.5, 0.6) is 0 Å². The highest BCUT2D eigenvalue weighted by molar-refractivity contribution is 5.82. The summed E-state index contributed by atoms with van der Waals surface area (Å²) in [7, 11) is 4.24. The summed E-state index contributed by atoms with van der Waals surface area (Å²) in [4.78, 5) is 19.7. The molecule has 2 aromatic rings. The van der Waals surface area contributed by atoms with E-state index in [1.807, 2.05) is 12.1 Å². The van der Waals surface area contributed by atoms with Crippen molar-refractivity contribution in [3.05, 3.63) is 40.4 Å². The lowest BCUT2D eigenvalue weighted by Gasteiger charge is -2.32. The normalized spacial score (nSPS) is 16.6. The Bertz CT molecular complexity index is 711. The molecular weight excluding hydrogens is 292 g/mol. The van der Waals surface area contributed by atoms with E-state index in [0.717, 1.165) is 36.4 Å². The molecule has 0 atom stereocenters. The molecule has 1 fully saturated rings. The summed E-state index contributed by atoms with van der Waals surface area (Å²) >= 11 is 0. The van der Waals surface area contributed by atoms with Gasteiger partial charge in [0, 0.05) is 31.1 Å². The Morgan fingerprint density at radius 1 is 1.30 bits per heavy atom. The second kappa shape index (κ2) is 6.50. The minimum atomic E-state index is -0.375. The van der Waals surface area contributed by atoms with E-state index in [9.17, 15) is 10.1 Å². The van der Waals surface area contributed by atoms with Gasteiger partial charge in [-0.15, -0.1) is 0 Å². The highest BCUT2D eigenvalue weighted by atomic mass is 16.6. The predicted octanol–water partition coefficient (Wildman–Crippen LogP) is 2.92. The number of nitro groups is 1. The Hall–Kier alpha value is -2.21. The Labute approximate surface area is 135 Å². The van der Waals surface area contributed by atoms with E-state index in [1.54, 1.807) is 12.1 Å². The van der Waals surface area contributed by atoms with E-state index in [0.29, 0.717) is 5.92 Å². The molecular formula is C17H22N4O2. The van der Waals surface area contributed by atoms with E-state index in [2.05, 4.69) is 28.9 Å². The van der Waals surface area contributed by atoms with Crippen LogP contribution in [0.2, 0.25) is 0 Å². The SMILES string of the molecule is CN1CCC(CN(C)c2ccc3cc([N+](=O)[O-])ccc3n2)CC1. The molecule has 2 heterocycles. The number of hydrogen-bond donors (Lipinski definition) is 0. The molecule has 1 aromatic heterocycles. The minimum Gasteiger partial charge on any atom is -0.359 e. The first-order valence-corrected chi connectivity index (χ1v) is 7.98. The predicted molar refractivity (Wildman–Crippen MR) is 91.9 cm³/mol. The van der Waals surface area contributed by atoms with E-state index >= 15 is 0 Å². The van der Waals surface area contributed by atoms with Gasteiger partial charge < -0.3 is 9.80 Å². The van der Waals surface area contributed by atoms with E-state index in [1.165, 1.54) is 18.9 Å². The largest absolute Gasteiger partial charge is 0.359 e. The fraction of sp³-hybridized carbons (Fsp3) is 0.471. The zero-order valence-corrected chi connectivity index (χ0v) is 13.6. The van der Waals surface area contributed by atoms with Gasteiger partial charge in [0.25, 0.3) is 5.69 Å². The third-order valence-corrected chi connectivity index (χ3v) is 4.63. The van der Waals surface area contributed by atoms with Gasteiger partial charge in [-0.05, 0) is 57.1 Å². The molecule has 1 aliphatic heterocycles. The maximum atomic E-state index is 10.8. The molecule has 1 aliphatic rings. The molecule has 1 saturated heterocycles. The van der Waals surface area contributed by atoms with Crippen LogP contribution >= 0.6 is 0 Å². The number of pyridine rings is 1. The smallest absolute Gasteiger partial charge is 0.270 e. The summed E-state index contributed by atoms with van der Waals surface area (Å²) in [6.07, 6.45) is 2.45. The summed E-state index contributed by atoms with van der Waals surface area (Å²) in [6, 6.07) is 8.66. The third kappa shape index (κ3) is 3.59. The molecule has 0 saturated carbocycles. The summed E-state index contributed by atoms with van der Waals surface area (Å²) in [5, 5.41) is 11.6. The van der Waals surface area contributed by atoms with Crippen molar-refractivity contribution in [3.63, 3.8) is 0 Å². The maximum absolute atomic E-state index is 10.8. The second-order valence-corrected chi connectivity index (χ2v) is 6.43. The van der Waals surface area contributed by atoms with Crippen molar-refractivity contribution in [1.29, 1.82) is 0 Å². The Morgan fingerprint density at radius 3 is 2.74 bits per heavy atom.